The number of nitrogens with zero attached hydrogens (tertiary/aromatic N) is 1. The number of benzene rings is 1. The summed E-state index contributed by atoms with van der Waals surface area (Å²) in [5.41, 5.74) is 7.20. The molecule has 0 amide bonds. The smallest absolute Gasteiger partial charge is 0.122 e. The zero-order chi connectivity index (χ0) is 13.8. The van der Waals surface area contributed by atoms with Crippen LogP contribution in [0.15, 0.2) is 18.2 Å². The van der Waals surface area contributed by atoms with Crippen molar-refractivity contribution in [2.75, 3.05) is 27.3 Å². The van der Waals surface area contributed by atoms with Gasteiger partial charge in [0.25, 0.3) is 0 Å². The third-order valence-electron chi connectivity index (χ3n) is 3.87. The highest BCUT2D eigenvalue weighted by Crippen LogP contribution is 2.26. The molecule has 1 aromatic carbocycles. The summed E-state index contributed by atoms with van der Waals surface area (Å²) in [7, 11) is 3.36. The van der Waals surface area contributed by atoms with E-state index in [2.05, 4.69) is 24.0 Å². The molecular weight excluding hydrogens is 240 g/mol. The molecule has 0 saturated carbocycles. The molecule has 0 aliphatic carbocycles. The highest BCUT2D eigenvalue weighted by Gasteiger charge is 2.25. The van der Waals surface area contributed by atoms with E-state index >= 15 is 0 Å². The van der Waals surface area contributed by atoms with Gasteiger partial charge in [-0.3, -0.25) is 4.90 Å². The summed E-state index contributed by atoms with van der Waals surface area (Å²) in [6.45, 7) is 5.22. The van der Waals surface area contributed by atoms with Crippen LogP contribution in [-0.2, 0) is 6.54 Å². The minimum absolute atomic E-state index is 0.282. The number of methoxy groups -OCH3 is 2. The molecule has 1 saturated heterocycles. The maximum atomic E-state index is 5.98. The van der Waals surface area contributed by atoms with Crippen LogP contribution in [0.1, 0.15) is 18.9 Å². The Hall–Kier alpha value is -1.26. The highest BCUT2D eigenvalue weighted by molar-refractivity contribution is 5.38. The molecule has 1 fully saturated rings. The van der Waals surface area contributed by atoms with Crippen LogP contribution in [-0.4, -0.2) is 38.3 Å². The monoisotopic (exact) mass is 264 g/mol. The van der Waals surface area contributed by atoms with Gasteiger partial charge in [0.1, 0.15) is 11.5 Å². The van der Waals surface area contributed by atoms with Gasteiger partial charge in [-0.05, 0) is 43.5 Å². The lowest BCUT2D eigenvalue weighted by Gasteiger charge is -2.18. The Morgan fingerprint density at radius 2 is 1.89 bits per heavy atom. The summed E-state index contributed by atoms with van der Waals surface area (Å²) >= 11 is 0. The lowest BCUT2D eigenvalue weighted by Crippen LogP contribution is -2.29. The zero-order valence-corrected chi connectivity index (χ0v) is 12.1. The molecule has 4 nitrogen and oxygen atoms in total. The van der Waals surface area contributed by atoms with Crippen LogP contribution in [0.3, 0.4) is 0 Å². The molecule has 0 bridgehead atoms. The number of rotatable bonds is 5. The average molecular weight is 264 g/mol. The van der Waals surface area contributed by atoms with Crippen LogP contribution in [0.2, 0.25) is 0 Å². The van der Waals surface area contributed by atoms with E-state index in [0.717, 1.165) is 31.1 Å². The van der Waals surface area contributed by atoms with E-state index in [1.807, 2.05) is 6.07 Å². The Labute approximate surface area is 115 Å². The fourth-order valence-electron chi connectivity index (χ4n) is 2.65. The Bertz CT molecular complexity index is 398. The van der Waals surface area contributed by atoms with Crippen molar-refractivity contribution >= 4 is 0 Å². The molecule has 2 rings (SSSR count). The Balaban J connectivity index is 2.03. The summed E-state index contributed by atoms with van der Waals surface area (Å²) in [5.74, 6) is 2.31. The van der Waals surface area contributed by atoms with Crippen molar-refractivity contribution in [3.63, 3.8) is 0 Å². The van der Waals surface area contributed by atoms with Crippen molar-refractivity contribution in [2.45, 2.75) is 25.9 Å². The zero-order valence-electron chi connectivity index (χ0n) is 12.1. The fraction of sp³-hybridized carbons (Fsp3) is 0.600. The number of likely N-dealkylation sites (tertiary alicyclic amines) is 1. The van der Waals surface area contributed by atoms with Crippen LogP contribution >= 0.6 is 0 Å². The second-order valence-electron chi connectivity index (χ2n) is 5.36. The predicted octanol–water partition coefficient (Wildman–Crippen LogP) is 1.87. The molecule has 0 spiro atoms. The van der Waals surface area contributed by atoms with Gasteiger partial charge in [0.15, 0.2) is 0 Å². The van der Waals surface area contributed by atoms with Crippen LogP contribution in [0.5, 0.6) is 11.5 Å². The standard InChI is InChI=1S/C15H24N2O2/c1-11(16)13-4-5-17(10-13)9-12-6-14(18-2)8-15(7-12)19-3/h6-8,11,13H,4-5,9-10,16H2,1-3H3. The van der Waals surface area contributed by atoms with Crippen molar-refractivity contribution in [1.29, 1.82) is 0 Å². The molecule has 19 heavy (non-hydrogen) atoms. The molecule has 1 aliphatic rings. The largest absolute Gasteiger partial charge is 0.497 e. The first-order valence-electron chi connectivity index (χ1n) is 6.82. The van der Waals surface area contributed by atoms with E-state index in [1.165, 1.54) is 12.0 Å². The van der Waals surface area contributed by atoms with Crippen LogP contribution < -0.4 is 15.2 Å². The van der Waals surface area contributed by atoms with Gasteiger partial charge < -0.3 is 15.2 Å². The van der Waals surface area contributed by atoms with Gasteiger partial charge in [0, 0.05) is 25.2 Å². The first-order valence-corrected chi connectivity index (χ1v) is 6.82. The van der Waals surface area contributed by atoms with Gasteiger partial charge in [-0.15, -0.1) is 0 Å². The van der Waals surface area contributed by atoms with Crippen molar-refractivity contribution in [3.05, 3.63) is 23.8 Å². The topological polar surface area (TPSA) is 47.7 Å². The third kappa shape index (κ3) is 3.61. The molecule has 4 heteroatoms. The number of nitrogens with two attached hydrogens (primary N) is 1. The summed E-state index contributed by atoms with van der Waals surface area (Å²) in [5, 5.41) is 0. The van der Waals surface area contributed by atoms with Crippen molar-refractivity contribution in [1.82, 2.24) is 4.90 Å². The number of hydrogen-bond acceptors (Lipinski definition) is 4. The highest BCUT2D eigenvalue weighted by atomic mass is 16.5. The van der Waals surface area contributed by atoms with E-state index in [-0.39, 0.29) is 6.04 Å². The minimum atomic E-state index is 0.282. The van der Waals surface area contributed by atoms with E-state index < -0.39 is 0 Å². The lowest BCUT2D eigenvalue weighted by molar-refractivity contribution is 0.307. The molecular formula is C15H24N2O2. The van der Waals surface area contributed by atoms with Gasteiger partial charge in [-0.25, -0.2) is 0 Å². The second-order valence-corrected chi connectivity index (χ2v) is 5.36. The molecule has 1 heterocycles. The molecule has 2 unspecified atom stereocenters. The van der Waals surface area contributed by atoms with E-state index in [4.69, 9.17) is 15.2 Å². The Kier molecular flexibility index (Phi) is 4.66. The molecule has 1 aromatic rings. The molecule has 106 valence electrons. The van der Waals surface area contributed by atoms with Gasteiger partial charge in [0.05, 0.1) is 14.2 Å². The fourth-order valence-corrected chi connectivity index (χ4v) is 2.65. The summed E-state index contributed by atoms with van der Waals surface area (Å²) in [6, 6.07) is 6.33. The van der Waals surface area contributed by atoms with Crippen LogP contribution in [0, 0.1) is 5.92 Å². The summed E-state index contributed by atoms with van der Waals surface area (Å²) in [4.78, 5) is 2.45. The number of ether oxygens (including phenoxy) is 2. The maximum absolute atomic E-state index is 5.98. The van der Waals surface area contributed by atoms with Crippen LogP contribution in [0.4, 0.5) is 0 Å². The maximum Gasteiger partial charge on any atom is 0.122 e. The first kappa shape index (κ1) is 14.2. The quantitative estimate of drug-likeness (QED) is 0.882. The summed E-state index contributed by atoms with van der Waals surface area (Å²) < 4.78 is 10.6. The van der Waals surface area contributed by atoms with E-state index in [1.54, 1.807) is 14.2 Å². The van der Waals surface area contributed by atoms with Crippen molar-refractivity contribution in [2.24, 2.45) is 11.7 Å². The normalized spacial score (nSPS) is 21.4. The predicted molar refractivity (Wildman–Crippen MR) is 76.6 cm³/mol. The molecule has 0 radical (unpaired) electrons. The van der Waals surface area contributed by atoms with Gasteiger partial charge in [0.2, 0.25) is 0 Å². The Morgan fingerprint density at radius 3 is 2.37 bits per heavy atom. The van der Waals surface area contributed by atoms with Crippen molar-refractivity contribution in [3.8, 4) is 11.5 Å². The van der Waals surface area contributed by atoms with Crippen LogP contribution in [0.25, 0.3) is 0 Å². The first-order chi connectivity index (χ1) is 9.12. The summed E-state index contributed by atoms with van der Waals surface area (Å²) in [6.07, 6.45) is 1.19. The number of hydrogen-bond donors (Lipinski definition) is 1. The molecule has 2 atom stereocenters. The van der Waals surface area contributed by atoms with Gasteiger partial charge in [-0.1, -0.05) is 0 Å². The van der Waals surface area contributed by atoms with E-state index in [0.29, 0.717) is 5.92 Å². The van der Waals surface area contributed by atoms with Gasteiger partial charge >= 0.3 is 0 Å². The molecule has 2 N–H and O–H groups in total. The average Bonchev–Trinajstić information content (AvgIpc) is 2.87. The lowest BCUT2D eigenvalue weighted by atomic mass is 10.0. The molecule has 1 aliphatic heterocycles. The van der Waals surface area contributed by atoms with Crippen molar-refractivity contribution < 1.29 is 9.47 Å². The Morgan fingerprint density at radius 1 is 1.26 bits per heavy atom. The van der Waals surface area contributed by atoms with Gasteiger partial charge in [-0.2, -0.15) is 0 Å². The SMILES string of the molecule is COc1cc(CN2CCC(C(C)N)C2)cc(OC)c1. The minimum Gasteiger partial charge on any atom is -0.497 e. The third-order valence-corrected chi connectivity index (χ3v) is 3.87. The molecule has 0 aromatic heterocycles. The second kappa shape index (κ2) is 6.26. The van der Waals surface area contributed by atoms with E-state index in [9.17, 15) is 0 Å².